The zero-order valence-corrected chi connectivity index (χ0v) is 39.8. The number of aliphatic imine (C=N–C) groups is 2. The Kier molecular flexibility index (Phi) is 29.2. The van der Waals surface area contributed by atoms with E-state index in [0.717, 1.165) is 0 Å². The Bertz CT molecular complexity index is 1760. The van der Waals surface area contributed by atoms with Crippen LogP contribution in [0.4, 0.5) is 0 Å². The second-order valence-corrected chi connectivity index (χ2v) is 16.7. The minimum atomic E-state index is -1.34. The number of carbonyl (C=O) groups is 10. The molecule has 7 atom stereocenters. The molecule has 0 heterocycles. The number of carboxylic acid groups (broad SMARTS) is 1. The number of nitrogens with zero attached hydrogens (tertiary/aromatic N) is 2. The van der Waals surface area contributed by atoms with Gasteiger partial charge < -0.3 is 81.6 Å². The van der Waals surface area contributed by atoms with Crippen LogP contribution in [0.2, 0.25) is 0 Å². The molecule has 380 valence electrons. The Labute approximate surface area is 395 Å². The summed E-state index contributed by atoms with van der Waals surface area (Å²) in [4.78, 5) is 136. The summed E-state index contributed by atoms with van der Waals surface area (Å²) in [6.07, 6.45) is 0.449. The van der Waals surface area contributed by atoms with Crippen LogP contribution in [0.5, 0.6) is 0 Å². The standard InChI is InChI=1S/C39H72N16O11S/c1-19(2)13-26(34(63)49-17-30(58)59)55-32(61)22(6)50-31(60)21(5)51-35(64)24(9-7-11-45-38(41)42)53-36(65)25(10-8-12-46-39(43)44)54-37(66)27(14-20(3)4)52-29(57)16-47-28(56)15-48-33(62)23(40)18-67/h19-27,67H,7-18,40H2,1-6H3,(H,47,56)(H,48,62)(H,49,63)(H,50,60)(H,51,64)(H,52,57)(H,53,65)(H,54,66)(H,55,61)(H,58,59)(H4,41,42,45)(H4,43,44,46)/t21-,22-,23-,24-,25-,26-,27-/m0/s1. The molecule has 27 nitrogen and oxygen atoms in total. The van der Waals surface area contributed by atoms with Gasteiger partial charge in [-0.2, -0.15) is 12.6 Å². The molecule has 0 spiro atoms. The highest BCUT2D eigenvalue weighted by Gasteiger charge is 2.32. The predicted octanol–water partition coefficient (Wildman–Crippen LogP) is -6.18. The molecule has 0 unspecified atom stereocenters. The van der Waals surface area contributed by atoms with E-state index in [0.29, 0.717) is 0 Å². The first kappa shape index (κ1) is 60.5. The maximum Gasteiger partial charge on any atom is 0.322 e. The molecule has 20 N–H and O–H groups in total. The quantitative estimate of drug-likeness (QED) is 0.0129. The number of hydrogen-bond acceptors (Lipinski definition) is 14. The Morgan fingerprint density at radius 1 is 0.493 bits per heavy atom. The number of guanidine groups is 2. The van der Waals surface area contributed by atoms with Crippen molar-refractivity contribution in [3.8, 4) is 0 Å². The van der Waals surface area contributed by atoms with Crippen LogP contribution in [0.25, 0.3) is 0 Å². The summed E-state index contributed by atoms with van der Waals surface area (Å²) in [6, 6.07) is -8.45. The number of aliphatic carboxylic acids is 1. The highest BCUT2D eigenvalue weighted by molar-refractivity contribution is 7.80. The van der Waals surface area contributed by atoms with Gasteiger partial charge >= 0.3 is 5.97 Å². The van der Waals surface area contributed by atoms with Crippen molar-refractivity contribution in [3.05, 3.63) is 0 Å². The molecule has 0 aliphatic rings. The Balaban J connectivity index is 6.19. The minimum Gasteiger partial charge on any atom is -0.480 e. The number of amides is 9. The lowest BCUT2D eigenvalue weighted by Crippen LogP contribution is -2.59. The number of nitrogens with two attached hydrogens (primary N) is 5. The molecule has 0 saturated heterocycles. The average molecular weight is 973 g/mol. The summed E-state index contributed by atoms with van der Waals surface area (Å²) in [5.74, 6) is -8.79. The molecule has 0 aliphatic carbocycles. The number of hydrogen-bond donors (Lipinski definition) is 16. The van der Waals surface area contributed by atoms with Crippen molar-refractivity contribution in [2.24, 2.45) is 50.5 Å². The summed E-state index contributed by atoms with van der Waals surface area (Å²) in [6.45, 7) is 8.19. The van der Waals surface area contributed by atoms with Crippen LogP contribution >= 0.6 is 12.6 Å². The molecule has 0 saturated carbocycles. The fourth-order valence-electron chi connectivity index (χ4n) is 5.73. The van der Waals surface area contributed by atoms with Crippen molar-refractivity contribution in [1.29, 1.82) is 0 Å². The number of carbonyl (C=O) groups excluding carboxylic acids is 9. The Morgan fingerprint density at radius 2 is 0.881 bits per heavy atom. The predicted molar refractivity (Wildman–Crippen MR) is 250 cm³/mol. The van der Waals surface area contributed by atoms with Crippen LogP contribution < -0.4 is 76.5 Å². The van der Waals surface area contributed by atoms with E-state index in [4.69, 9.17) is 33.8 Å². The van der Waals surface area contributed by atoms with Crippen LogP contribution in [-0.4, -0.2) is 157 Å². The SMILES string of the molecule is CC(C)C[C@H](NC(=O)CNC(=O)CNC(=O)[C@@H](N)CS)C(=O)N[C@@H](CCCN=C(N)N)C(=O)N[C@@H](CCCN=C(N)N)C(=O)N[C@@H](C)C(=O)N[C@@H](C)C(=O)N[C@@H](CC(C)C)C(=O)NCC(=O)O. The first-order chi connectivity index (χ1) is 31.3. The minimum absolute atomic E-state index is 0.0422. The molecule has 9 amide bonds. The lowest BCUT2D eigenvalue weighted by Gasteiger charge is -2.27. The highest BCUT2D eigenvalue weighted by Crippen LogP contribution is 2.09. The Hall–Kier alpha value is -6.45. The molecule has 28 heteroatoms. The van der Waals surface area contributed by atoms with E-state index in [1.807, 2.05) is 0 Å². The van der Waals surface area contributed by atoms with E-state index in [9.17, 15) is 47.9 Å². The monoisotopic (exact) mass is 973 g/mol. The molecule has 0 fully saturated rings. The van der Waals surface area contributed by atoms with E-state index >= 15 is 0 Å². The largest absolute Gasteiger partial charge is 0.480 e. The van der Waals surface area contributed by atoms with Gasteiger partial charge in [-0.25, -0.2) is 0 Å². The van der Waals surface area contributed by atoms with Gasteiger partial charge in [-0.1, -0.05) is 27.7 Å². The third-order valence-electron chi connectivity index (χ3n) is 9.18. The van der Waals surface area contributed by atoms with Gasteiger partial charge in [0, 0.05) is 18.8 Å². The van der Waals surface area contributed by atoms with Crippen molar-refractivity contribution in [1.82, 2.24) is 47.9 Å². The van der Waals surface area contributed by atoms with Crippen molar-refractivity contribution < 1.29 is 53.1 Å². The van der Waals surface area contributed by atoms with Crippen LogP contribution in [0.15, 0.2) is 9.98 Å². The summed E-state index contributed by atoms with van der Waals surface area (Å²) >= 11 is 3.92. The maximum absolute atomic E-state index is 14.0. The number of nitrogens with one attached hydrogen (secondary N) is 9. The van der Waals surface area contributed by atoms with Gasteiger partial charge in [0.05, 0.1) is 19.1 Å². The first-order valence-corrected chi connectivity index (χ1v) is 22.2. The molecular formula is C39H72N16O11S. The van der Waals surface area contributed by atoms with E-state index in [1.54, 1.807) is 27.7 Å². The number of thiol groups is 1. The van der Waals surface area contributed by atoms with Crippen LogP contribution in [0, 0.1) is 11.8 Å². The maximum atomic E-state index is 14.0. The fourth-order valence-corrected chi connectivity index (χ4v) is 5.90. The summed E-state index contributed by atoms with van der Waals surface area (Å²) in [5.41, 5.74) is 27.4. The van der Waals surface area contributed by atoms with Crippen molar-refractivity contribution in [2.75, 3.05) is 38.5 Å². The smallest absolute Gasteiger partial charge is 0.322 e. The molecule has 0 radical (unpaired) electrons. The molecule has 0 bridgehead atoms. The molecular weight excluding hydrogens is 901 g/mol. The summed E-state index contributed by atoms with van der Waals surface area (Å²) in [5, 5.41) is 31.0. The van der Waals surface area contributed by atoms with E-state index in [2.05, 4.69) is 70.5 Å². The highest BCUT2D eigenvalue weighted by atomic mass is 32.1. The van der Waals surface area contributed by atoms with Gasteiger partial charge in [-0.05, 0) is 64.2 Å². The van der Waals surface area contributed by atoms with Crippen LogP contribution in [0.1, 0.15) is 80.1 Å². The molecule has 0 aromatic rings. The molecule has 0 aromatic heterocycles. The van der Waals surface area contributed by atoms with Gasteiger partial charge in [0.2, 0.25) is 53.2 Å². The molecule has 67 heavy (non-hydrogen) atoms. The van der Waals surface area contributed by atoms with Crippen molar-refractivity contribution >= 4 is 83.7 Å². The summed E-state index contributed by atoms with van der Waals surface area (Å²) < 4.78 is 0. The second kappa shape index (κ2) is 32.3. The first-order valence-electron chi connectivity index (χ1n) is 21.6. The van der Waals surface area contributed by atoms with Gasteiger partial charge in [0.15, 0.2) is 11.9 Å². The van der Waals surface area contributed by atoms with Gasteiger partial charge in [0.25, 0.3) is 0 Å². The third kappa shape index (κ3) is 27.6. The third-order valence-corrected chi connectivity index (χ3v) is 9.57. The van der Waals surface area contributed by atoms with E-state index < -0.39 is 121 Å². The van der Waals surface area contributed by atoms with Gasteiger partial charge in [0.1, 0.15) is 42.8 Å². The molecule has 0 aliphatic heterocycles. The summed E-state index contributed by atoms with van der Waals surface area (Å²) in [7, 11) is 0. The number of carboxylic acids is 1. The zero-order chi connectivity index (χ0) is 51.4. The van der Waals surface area contributed by atoms with Crippen LogP contribution in [0.3, 0.4) is 0 Å². The van der Waals surface area contributed by atoms with Gasteiger partial charge in [-0.3, -0.25) is 57.9 Å². The molecule has 0 rings (SSSR count). The second-order valence-electron chi connectivity index (χ2n) is 16.3. The molecule has 0 aromatic carbocycles. The average Bonchev–Trinajstić information content (AvgIpc) is 3.24. The number of rotatable bonds is 32. The topological polar surface area (TPSA) is 454 Å². The van der Waals surface area contributed by atoms with E-state index in [-0.39, 0.29) is 81.1 Å². The lowest BCUT2D eigenvalue weighted by atomic mass is 10.0. The van der Waals surface area contributed by atoms with Crippen molar-refractivity contribution in [3.63, 3.8) is 0 Å². The fraction of sp³-hybridized carbons (Fsp3) is 0.692. The van der Waals surface area contributed by atoms with Crippen molar-refractivity contribution in [2.45, 2.75) is 122 Å². The van der Waals surface area contributed by atoms with Crippen LogP contribution in [-0.2, 0) is 47.9 Å². The lowest BCUT2D eigenvalue weighted by molar-refractivity contribution is -0.138. The van der Waals surface area contributed by atoms with Gasteiger partial charge in [-0.15, -0.1) is 0 Å². The Morgan fingerprint density at radius 3 is 1.33 bits per heavy atom. The van der Waals surface area contributed by atoms with E-state index in [1.165, 1.54) is 13.8 Å². The zero-order valence-electron chi connectivity index (χ0n) is 38.9. The normalized spacial score (nSPS) is 13.9.